The fourth-order valence-electron chi connectivity index (χ4n) is 26.5. The molecule has 0 heteroatoms. The van der Waals surface area contributed by atoms with E-state index in [4.69, 9.17) is 0 Å². The van der Waals surface area contributed by atoms with Crippen LogP contribution in [-0.2, 0) is 10.8 Å². The summed E-state index contributed by atoms with van der Waals surface area (Å²) >= 11 is 0. The Balaban J connectivity index is 0.794. The maximum Gasteiger partial charge on any atom is 0.0265 e. The Morgan fingerprint density at radius 3 is 0.438 bits per heavy atom. The normalized spacial score (nSPS) is 16.3. The zero-order valence-electron chi connectivity index (χ0n) is 74.4. The van der Waals surface area contributed by atoms with Crippen molar-refractivity contribution in [2.45, 2.75) is 139 Å². The van der Waals surface area contributed by atoms with Gasteiger partial charge in [-0.25, -0.2) is 0 Å². The highest BCUT2D eigenvalue weighted by atomic mass is 14.6. The Morgan fingerprint density at radius 2 is 0.277 bits per heavy atom. The third kappa shape index (κ3) is 13.5. The van der Waals surface area contributed by atoms with E-state index in [2.05, 4.69) is 388 Å². The first kappa shape index (κ1) is 78.7. The van der Waals surface area contributed by atoms with Crippen LogP contribution in [0.2, 0.25) is 0 Å². The van der Waals surface area contributed by atoms with Crippen LogP contribution in [0.15, 0.2) is 388 Å². The second kappa shape index (κ2) is 32.9. The Hall–Kier alpha value is -13.5. The summed E-state index contributed by atoms with van der Waals surface area (Å²) in [7, 11) is 0. The summed E-state index contributed by atoms with van der Waals surface area (Å²) in [6.07, 6.45) is 25.4. The van der Waals surface area contributed by atoms with Gasteiger partial charge in [0, 0.05) is 10.8 Å². The van der Waals surface area contributed by atoms with Gasteiger partial charge in [0.05, 0.1) is 0 Å². The Labute approximate surface area is 767 Å². The van der Waals surface area contributed by atoms with Crippen LogP contribution in [-0.4, -0.2) is 0 Å². The average molecular weight is 1670 g/mol. The van der Waals surface area contributed by atoms with E-state index >= 15 is 0 Å². The SMILES string of the molecule is c1ccc(-c2cc(-c3ccccc3)cc(-c3cc4c5c(cc(-c6cc(-c7ccccc7)cc(-c7ccccc7)c6)cc5c3)-c3cc5c(cc3-4)C(C3CCCCC3)(C3CCCCC3)c3cc4c(cc3C5(C3CCCCC3)C3CCCCC3)-c3cc(-c5cc(-c6ccccc6)cc(-c6ccccc6)c5)cc5cc(-c6cc(-c7ccccc7)cc(-c7ccccc7)c6)cc-4c35)c2)cc1. The second-order valence-corrected chi connectivity index (χ2v) is 39.4. The van der Waals surface area contributed by atoms with Gasteiger partial charge in [-0.15, -0.1) is 0 Å². The first-order valence-electron chi connectivity index (χ1n) is 49.1. The summed E-state index contributed by atoms with van der Waals surface area (Å²) in [5.74, 6) is 1.83. The molecule has 18 aromatic carbocycles. The van der Waals surface area contributed by atoms with Gasteiger partial charge in [0.2, 0.25) is 0 Å². The minimum Gasteiger partial charge on any atom is -0.0622 e. The standard InChI is InChI=1S/C130H108/c1-13-37-85(38-14-1)93-61-94(86-39-15-2-16-40-86)66-101(65-93)105-73-109-74-106(102-67-95(87-41-17-3-18-42-87)62-96(68-102)88-43-19-4-20-44-88)78-120-116-82-124-123(81-115(116)119(77-105)127(109)120)129(111-53-29-9-30-54-111,112-55-31-10-32-56-112)125-83-117-118(84-126(125)130(124,113-57-33-11-34-58-113)114-59-35-12-36-60-114)122-80-108(104-71-99(91-49-25-7-26-50-91)64-100(72-104)92-51-27-8-28-52-92)76-110-75-107(79-121(117)128(110)122)103-69-97(89-45-21-5-22-46-89)63-98(70-103)90-47-23-6-24-48-90/h1-8,13-28,37-52,61-84,111-114H,9-12,29-36,53-60H2. The number of hydrogen-bond donors (Lipinski definition) is 0. The van der Waals surface area contributed by atoms with Crippen LogP contribution >= 0.6 is 0 Å². The largest absolute Gasteiger partial charge is 0.0622 e. The van der Waals surface area contributed by atoms with Gasteiger partial charge < -0.3 is 0 Å². The molecule has 0 atom stereocenters. The highest BCUT2D eigenvalue weighted by molar-refractivity contribution is 6.20. The van der Waals surface area contributed by atoms with Crippen molar-refractivity contribution in [2.75, 3.05) is 0 Å². The minimum absolute atomic E-state index is 0.281. The van der Waals surface area contributed by atoms with Gasteiger partial charge in [-0.1, -0.05) is 320 Å². The van der Waals surface area contributed by atoms with Crippen LogP contribution in [0, 0.1) is 23.7 Å². The molecule has 628 valence electrons. The van der Waals surface area contributed by atoms with E-state index in [0.717, 1.165) is 0 Å². The Bertz CT molecular complexity index is 6250. The van der Waals surface area contributed by atoms with Crippen molar-refractivity contribution in [3.05, 3.63) is 411 Å². The smallest absolute Gasteiger partial charge is 0.0265 e. The molecule has 0 amide bonds. The molecule has 4 fully saturated rings. The predicted molar refractivity (Wildman–Crippen MR) is 550 cm³/mol. The molecule has 18 aromatic rings. The fourth-order valence-corrected chi connectivity index (χ4v) is 26.5. The minimum atomic E-state index is -0.281. The lowest BCUT2D eigenvalue weighted by molar-refractivity contribution is 0.0934. The van der Waals surface area contributed by atoms with Crippen molar-refractivity contribution >= 4 is 21.5 Å². The van der Waals surface area contributed by atoms with Crippen LogP contribution in [0.1, 0.15) is 151 Å². The first-order valence-corrected chi connectivity index (χ1v) is 49.1. The van der Waals surface area contributed by atoms with E-state index in [-0.39, 0.29) is 10.8 Å². The monoisotopic (exact) mass is 1670 g/mol. The molecule has 7 aliphatic rings. The van der Waals surface area contributed by atoms with E-state index in [9.17, 15) is 0 Å². The van der Waals surface area contributed by atoms with Gasteiger partial charge in [-0.3, -0.25) is 0 Å². The van der Waals surface area contributed by atoms with Gasteiger partial charge in [0.1, 0.15) is 0 Å². The maximum absolute atomic E-state index is 3.04. The van der Waals surface area contributed by atoms with Crippen molar-refractivity contribution in [2.24, 2.45) is 23.7 Å². The molecule has 0 spiro atoms. The maximum atomic E-state index is 3.04. The molecule has 0 N–H and O–H groups in total. The molecule has 0 heterocycles. The first-order chi connectivity index (χ1) is 64.4. The van der Waals surface area contributed by atoms with E-state index in [0.29, 0.717) is 23.7 Å². The third-order valence-electron chi connectivity index (χ3n) is 32.3. The summed E-state index contributed by atoms with van der Waals surface area (Å²) < 4.78 is 0. The lowest BCUT2D eigenvalue weighted by atomic mass is 9.41. The lowest BCUT2D eigenvalue weighted by Crippen LogP contribution is -2.56. The topological polar surface area (TPSA) is 0 Å². The predicted octanol–water partition coefficient (Wildman–Crippen LogP) is 36.5. The van der Waals surface area contributed by atoms with E-state index < -0.39 is 0 Å². The average Bonchev–Trinajstić information content (AvgIpc) is 1.22. The van der Waals surface area contributed by atoms with Crippen molar-refractivity contribution < 1.29 is 0 Å². The molecular weight excluding hydrogens is 1560 g/mol. The number of fused-ring (bicyclic) bond motifs is 8. The summed E-state index contributed by atoms with van der Waals surface area (Å²) in [5, 5.41) is 5.42. The van der Waals surface area contributed by atoms with Crippen LogP contribution < -0.4 is 0 Å². The Kier molecular flexibility index (Phi) is 19.9. The summed E-state index contributed by atoms with van der Waals surface area (Å²) in [6, 6.07) is 152. The van der Waals surface area contributed by atoms with E-state index in [1.165, 1.54) is 328 Å². The van der Waals surface area contributed by atoms with Crippen LogP contribution in [0.5, 0.6) is 0 Å². The lowest BCUT2D eigenvalue weighted by Gasteiger charge is -2.61. The molecular formula is C130H108. The highest BCUT2D eigenvalue weighted by Crippen LogP contribution is 2.70. The number of hydrogen-bond acceptors (Lipinski definition) is 0. The molecule has 25 rings (SSSR count). The molecule has 130 heavy (non-hydrogen) atoms. The van der Waals surface area contributed by atoms with Crippen molar-refractivity contribution in [1.82, 2.24) is 0 Å². The molecule has 0 aliphatic heterocycles. The molecule has 0 unspecified atom stereocenters. The molecule has 0 bridgehead atoms. The molecule has 0 aromatic heterocycles. The molecule has 0 saturated heterocycles. The van der Waals surface area contributed by atoms with Gasteiger partial charge >= 0.3 is 0 Å². The van der Waals surface area contributed by atoms with E-state index in [1.807, 2.05) is 0 Å². The van der Waals surface area contributed by atoms with Crippen molar-refractivity contribution in [3.8, 4) is 178 Å². The number of benzene rings is 18. The quantitative estimate of drug-likeness (QED) is 0.0904. The summed E-state index contributed by atoms with van der Waals surface area (Å²) in [5.41, 5.74) is 47.4. The summed E-state index contributed by atoms with van der Waals surface area (Å²) in [4.78, 5) is 0. The Morgan fingerprint density at radius 1 is 0.131 bits per heavy atom. The molecule has 4 saturated carbocycles. The highest BCUT2D eigenvalue weighted by Gasteiger charge is 2.62. The molecule has 0 radical (unpaired) electrons. The van der Waals surface area contributed by atoms with Crippen LogP contribution in [0.25, 0.3) is 200 Å². The van der Waals surface area contributed by atoms with Crippen molar-refractivity contribution in [1.29, 1.82) is 0 Å². The van der Waals surface area contributed by atoms with Crippen LogP contribution in [0.3, 0.4) is 0 Å². The molecule has 0 nitrogen and oxygen atoms in total. The van der Waals surface area contributed by atoms with Gasteiger partial charge in [-0.2, -0.15) is 0 Å². The van der Waals surface area contributed by atoms with E-state index in [1.54, 1.807) is 22.3 Å². The number of rotatable bonds is 16. The zero-order chi connectivity index (χ0) is 85.8. The van der Waals surface area contributed by atoms with Gasteiger partial charge in [0.15, 0.2) is 0 Å². The third-order valence-corrected chi connectivity index (χ3v) is 32.3. The van der Waals surface area contributed by atoms with Crippen molar-refractivity contribution in [3.63, 3.8) is 0 Å². The zero-order valence-corrected chi connectivity index (χ0v) is 74.4. The fraction of sp³-hybridized carbons (Fsp3) is 0.200. The molecule has 7 aliphatic carbocycles. The second-order valence-electron chi connectivity index (χ2n) is 39.4. The van der Waals surface area contributed by atoms with Gasteiger partial charge in [0.25, 0.3) is 0 Å². The summed E-state index contributed by atoms with van der Waals surface area (Å²) in [6.45, 7) is 0. The van der Waals surface area contributed by atoms with Gasteiger partial charge in [-0.05, 0) is 442 Å². The van der Waals surface area contributed by atoms with Crippen LogP contribution in [0.4, 0.5) is 0 Å².